The summed E-state index contributed by atoms with van der Waals surface area (Å²) in [6.07, 6.45) is 3.32. The van der Waals surface area contributed by atoms with Gasteiger partial charge in [-0.1, -0.05) is 6.07 Å². The second-order valence-electron chi connectivity index (χ2n) is 8.40. The zero-order valence-electron chi connectivity index (χ0n) is 18.1. The van der Waals surface area contributed by atoms with Crippen molar-refractivity contribution in [3.8, 4) is 12.0 Å². The molecule has 0 fully saturated rings. The Morgan fingerprint density at radius 2 is 1.97 bits per heavy atom. The number of rotatable bonds is 2. The summed E-state index contributed by atoms with van der Waals surface area (Å²) in [6.45, 7) is 0. The molecule has 3 heterocycles. The van der Waals surface area contributed by atoms with E-state index in [0.717, 1.165) is 0 Å². The van der Waals surface area contributed by atoms with Gasteiger partial charge >= 0.3 is 5.69 Å². The smallest absolute Gasteiger partial charge is 0.330 e. The van der Waals surface area contributed by atoms with E-state index in [9.17, 15) is 19.6 Å². The predicted octanol–water partition coefficient (Wildman–Crippen LogP) is 2.90. The van der Waals surface area contributed by atoms with Gasteiger partial charge in [-0.3, -0.25) is 13.7 Å². The number of nitriles is 1. The minimum atomic E-state index is -0.714. The monoisotopic (exact) mass is 455 g/mol. The number of hydrogen-bond donors (Lipinski definition) is 1. The molecule has 0 radical (unpaired) electrons. The lowest BCUT2D eigenvalue weighted by atomic mass is 9.85. The van der Waals surface area contributed by atoms with Crippen LogP contribution in [0.3, 0.4) is 0 Å². The quantitative estimate of drug-likeness (QED) is 0.438. The van der Waals surface area contributed by atoms with Crippen molar-refractivity contribution in [2.45, 2.75) is 25.0 Å². The van der Waals surface area contributed by atoms with Gasteiger partial charge in [0.15, 0.2) is 5.65 Å². The fraction of sp³-hybridized carbons (Fsp3) is 0.208. The predicted molar refractivity (Wildman–Crippen MR) is 121 cm³/mol. The molecule has 1 aliphatic carbocycles. The number of aliphatic hydroxyl groups excluding tert-OH is 1. The fourth-order valence-corrected chi connectivity index (χ4v) is 4.79. The highest BCUT2D eigenvalue weighted by molar-refractivity contribution is 5.79. The van der Waals surface area contributed by atoms with Crippen LogP contribution < -0.4 is 5.69 Å². The van der Waals surface area contributed by atoms with E-state index in [1.807, 2.05) is 0 Å². The summed E-state index contributed by atoms with van der Waals surface area (Å²) in [4.78, 5) is 26.8. The van der Waals surface area contributed by atoms with Crippen molar-refractivity contribution >= 4 is 22.2 Å². The van der Waals surface area contributed by atoms with Crippen LogP contribution in [0.25, 0.3) is 28.1 Å². The summed E-state index contributed by atoms with van der Waals surface area (Å²) in [5.74, 6) is -0.139. The Morgan fingerprint density at radius 3 is 2.79 bits per heavy atom. The molecular weight excluding hydrogens is 437 g/mol. The van der Waals surface area contributed by atoms with E-state index in [1.165, 1.54) is 16.7 Å². The summed E-state index contributed by atoms with van der Waals surface area (Å²) in [5.41, 5.74) is 3.62. The number of fused-ring (bicyclic) bond motifs is 3. The van der Waals surface area contributed by atoms with Gasteiger partial charge in [-0.15, -0.1) is 0 Å². The molecule has 2 aromatic carbocycles. The summed E-state index contributed by atoms with van der Waals surface area (Å²) in [5, 5.41) is 19.7. The van der Waals surface area contributed by atoms with Crippen molar-refractivity contribution in [2.75, 3.05) is 0 Å². The molecule has 9 nitrogen and oxygen atoms in total. The van der Waals surface area contributed by atoms with Gasteiger partial charge < -0.3 is 5.11 Å². The molecule has 0 aliphatic heterocycles. The first-order valence-electron chi connectivity index (χ1n) is 10.7. The zero-order chi connectivity index (χ0) is 23.6. The third-order valence-corrected chi connectivity index (χ3v) is 6.50. The van der Waals surface area contributed by atoms with Crippen LogP contribution in [0.15, 0.2) is 53.7 Å². The molecule has 2 atom stereocenters. The molecule has 6 rings (SSSR count). The third-order valence-electron chi connectivity index (χ3n) is 6.50. The maximum Gasteiger partial charge on any atom is 0.330 e. The van der Waals surface area contributed by atoms with E-state index in [-0.39, 0.29) is 5.69 Å². The number of hydrogen-bond acceptors (Lipinski definition) is 6. The Balaban J connectivity index is 1.58. The van der Waals surface area contributed by atoms with E-state index in [0.29, 0.717) is 57.7 Å². The van der Waals surface area contributed by atoms with Crippen LogP contribution in [0.5, 0.6) is 0 Å². The molecule has 34 heavy (non-hydrogen) atoms. The molecule has 1 aliphatic rings. The summed E-state index contributed by atoms with van der Waals surface area (Å²) >= 11 is 0. The van der Waals surface area contributed by atoms with Gasteiger partial charge in [0.05, 0.1) is 41.0 Å². The Hall–Kier alpha value is -4.36. The van der Waals surface area contributed by atoms with Crippen LogP contribution in [0.4, 0.5) is 4.39 Å². The Morgan fingerprint density at radius 1 is 1.12 bits per heavy atom. The topological polar surface area (TPSA) is 115 Å². The summed E-state index contributed by atoms with van der Waals surface area (Å²) < 4.78 is 18.8. The van der Waals surface area contributed by atoms with Crippen molar-refractivity contribution in [2.24, 2.45) is 7.05 Å². The van der Waals surface area contributed by atoms with Gasteiger partial charge in [0.2, 0.25) is 5.95 Å². The SMILES string of the molecule is Cn1c(=O)n([C@@H]2CC[C@@H](O)c3ccc(F)cc32)c2nc(-n3cnc4ccc(C#N)cc43)ncc21. The van der Waals surface area contributed by atoms with Crippen LogP contribution in [0.2, 0.25) is 0 Å². The molecule has 0 saturated carbocycles. The first-order valence-corrected chi connectivity index (χ1v) is 10.7. The highest BCUT2D eigenvalue weighted by Gasteiger charge is 2.31. The molecule has 168 valence electrons. The Kier molecular flexibility index (Phi) is 4.37. The Labute approximate surface area is 192 Å². The van der Waals surface area contributed by atoms with Crippen molar-refractivity contribution in [3.05, 3.63) is 81.9 Å². The highest BCUT2D eigenvalue weighted by Crippen LogP contribution is 2.39. The second-order valence-corrected chi connectivity index (χ2v) is 8.40. The molecule has 0 spiro atoms. The van der Waals surface area contributed by atoms with Gasteiger partial charge in [-0.05, 0) is 54.3 Å². The van der Waals surface area contributed by atoms with E-state index < -0.39 is 18.0 Å². The average molecular weight is 455 g/mol. The molecule has 0 amide bonds. The number of aliphatic hydroxyl groups is 1. The van der Waals surface area contributed by atoms with E-state index in [4.69, 9.17) is 4.98 Å². The van der Waals surface area contributed by atoms with E-state index >= 15 is 0 Å². The number of imidazole rings is 2. The largest absolute Gasteiger partial charge is 0.388 e. The Bertz CT molecular complexity index is 1710. The number of benzene rings is 2. The van der Waals surface area contributed by atoms with Gasteiger partial charge in [0.25, 0.3) is 0 Å². The van der Waals surface area contributed by atoms with Gasteiger partial charge in [-0.25, -0.2) is 19.2 Å². The number of halogens is 1. The van der Waals surface area contributed by atoms with Crippen LogP contribution >= 0.6 is 0 Å². The fourth-order valence-electron chi connectivity index (χ4n) is 4.79. The first kappa shape index (κ1) is 20.3. The van der Waals surface area contributed by atoms with Crippen molar-refractivity contribution in [1.29, 1.82) is 5.26 Å². The molecule has 10 heteroatoms. The first-order chi connectivity index (χ1) is 16.5. The third kappa shape index (κ3) is 2.87. The van der Waals surface area contributed by atoms with E-state index in [1.54, 1.807) is 53.0 Å². The maximum absolute atomic E-state index is 14.2. The lowest BCUT2D eigenvalue weighted by Crippen LogP contribution is -2.30. The average Bonchev–Trinajstić information content (AvgIpc) is 3.37. The summed E-state index contributed by atoms with van der Waals surface area (Å²) in [6, 6.07) is 11.0. The number of aromatic nitrogens is 6. The normalized spacial score (nSPS) is 17.7. The maximum atomic E-state index is 14.2. The van der Waals surface area contributed by atoms with Crippen LogP contribution in [0, 0.1) is 17.1 Å². The standard InChI is InChI=1S/C24H18FN7O2/c1-30-20-11-27-23(31-12-28-17-5-2-13(10-26)8-19(17)31)29-22(20)32(24(30)34)18-6-7-21(33)15-4-3-14(25)9-16(15)18/h2-5,8-9,11-12,18,21,33H,6-7H2,1H3/t18-,21-/m1/s1. The molecule has 0 bridgehead atoms. The number of nitrogens with zero attached hydrogens (tertiary/aromatic N) is 7. The van der Waals surface area contributed by atoms with Crippen LogP contribution in [-0.4, -0.2) is 33.8 Å². The van der Waals surface area contributed by atoms with Crippen molar-refractivity contribution in [1.82, 2.24) is 28.7 Å². The van der Waals surface area contributed by atoms with Crippen LogP contribution in [-0.2, 0) is 7.05 Å². The van der Waals surface area contributed by atoms with Crippen molar-refractivity contribution < 1.29 is 9.50 Å². The lowest BCUT2D eigenvalue weighted by molar-refractivity contribution is 0.147. The highest BCUT2D eigenvalue weighted by atomic mass is 19.1. The van der Waals surface area contributed by atoms with Gasteiger partial charge in [-0.2, -0.15) is 10.2 Å². The molecular formula is C24H18FN7O2. The summed E-state index contributed by atoms with van der Waals surface area (Å²) in [7, 11) is 1.64. The zero-order valence-corrected chi connectivity index (χ0v) is 18.1. The second kappa shape index (κ2) is 7.33. The lowest BCUT2D eigenvalue weighted by Gasteiger charge is -2.29. The minimum Gasteiger partial charge on any atom is -0.388 e. The van der Waals surface area contributed by atoms with Crippen LogP contribution in [0.1, 0.15) is 41.7 Å². The molecule has 0 saturated heterocycles. The van der Waals surface area contributed by atoms with Gasteiger partial charge in [0, 0.05) is 7.05 Å². The number of aryl methyl sites for hydroxylation is 1. The molecule has 5 aromatic rings. The van der Waals surface area contributed by atoms with Crippen molar-refractivity contribution in [3.63, 3.8) is 0 Å². The molecule has 3 aromatic heterocycles. The molecule has 0 unspecified atom stereocenters. The molecule has 1 N–H and O–H groups in total. The van der Waals surface area contributed by atoms with E-state index in [2.05, 4.69) is 16.0 Å². The minimum absolute atomic E-state index is 0.291. The van der Waals surface area contributed by atoms with Gasteiger partial charge in [0.1, 0.15) is 17.7 Å².